The Morgan fingerprint density at radius 3 is 2.67 bits per heavy atom. The molecular weight excluding hydrogens is 316 g/mol. The van der Waals surface area contributed by atoms with E-state index in [2.05, 4.69) is 14.4 Å². The number of carbonyl (C=O) groups excluding carboxylic acids is 1. The smallest absolute Gasteiger partial charge is 0.358 e. The van der Waals surface area contributed by atoms with E-state index in [1.165, 1.54) is 12.6 Å². The second-order valence-electron chi connectivity index (χ2n) is 3.79. The van der Waals surface area contributed by atoms with Crippen LogP contribution in [0.2, 0.25) is 0 Å². The summed E-state index contributed by atoms with van der Waals surface area (Å²) in [6.07, 6.45) is 0. The zero-order chi connectivity index (χ0) is 15.5. The van der Waals surface area contributed by atoms with Gasteiger partial charge in [-0.05, 0) is 12.1 Å². The number of aromatic nitrogens is 1. The summed E-state index contributed by atoms with van der Waals surface area (Å²) < 4.78 is 36.5. The molecule has 7 nitrogen and oxygen atoms in total. The lowest BCUT2D eigenvalue weighted by atomic mass is 10.3. The molecule has 2 aromatic rings. The van der Waals surface area contributed by atoms with E-state index >= 15 is 0 Å². The van der Waals surface area contributed by atoms with Crippen LogP contribution >= 0.6 is 11.3 Å². The third-order valence-corrected chi connectivity index (χ3v) is 5.24. The van der Waals surface area contributed by atoms with Crippen molar-refractivity contribution in [3.05, 3.63) is 35.5 Å². The minimum atomic E-state index is -3.96. The largest absolute Gasteiger partial charge is 0.495 e. The SMILES string of the molecule is COC(=O)c1ncsc1S(=O)(=O)Nc1ccccc1OC. The average molecular weight is 328 g/mol. The normalized spacial score (nSPS) is 11.0. The highest BCUT2D eigenvalue weighted by molar-refractivity contribution is 7.94. The van der Waals surface area contributed by atoms with E-state index in [0.717, 1.165) is 18.4 Å². The van der Waals surface area contributed by atoms with Crippen molar-refractivity contribution in [2.75, 3.05) is 18.9 Å². The Morgan fingerprint density at radius 2 is 2.00 bits per heavy atom. The number of methoxy groups -OCH3 is 2. The second kappa shape index (κ2) is 6.10. The molecule has 0 radical (unpaired) electrons. The van der Waals surface area contributed by atoms with E-state index in [1.54, 1.807) is 24.3 Å². The number of nitrogens with zero attached hydrogens (tertiary/aromatic N) is 1. The van der Waals surface area contributed by atoms with Crippen LogP contribution in [0.4, 0.5) is 5.69 Å². The number of hydrogen-bond acceptors (Lipinski definition) is 7. The predicted molar refractivity (Wildman–Crippen MR) is 77.3 cm³/mol. The van der Waals surface area contributed by atoms with Gasteiger partial charge in [-0.3, -0.25) is 4.72 Å². The molecule has 1 heterocycles. The molecule has 0 unspecified atom stereocenters. The number of thiazole rings is 1. The summed E-state index contributed by atoms with van der Waals surface area (Å²) in [5.41, 5.74) is 1.29. The number of rotatable bonds is 5. The van der Waals surface area contributed by atoms with Crippen LogP contribution in [0.3, 0.4) is 0 Å². The molecule has 1 aromatic heterocycles. The average Bonchev–Trinajstić information content (AvgIpc) is 2.97. The van der Waals surface area contributed by atoms with Crippen molar-refractivity contribution < 1.29 is 22.7 Å². The first-order valence-corrected chi connectivity index (χ1v) is 8.03. The van der Waals surface area contributed by atoms with Gasteiger partial charge in [0.2, 0.25) is 0 Å². The monoisotopic (exact) mass is 328 g/mol. The van der Waals surface area contributed by atoms with Crippen molar-refractivity contribution >= 4 is 33.0 Å². The lowest BCUT2D eigenvalue weighted by molar-refractivity contribution is 0.0590. The van der Waals surface area contributed by atoms with E-state index in [0.29, 0.717) is 5.75 Å². The molecule has 0 fully saturated rings. The highest BCUT2D eigenvalue weighted by Crippen LogP contribution is 2.28. The maximum atomic E-state index is 12.4. The van der Waals surface area contributed by atoms with Gasteiger partial charge < -0.3 is 9.47 Å². The minimum Gasteiger partial charge on any atom is -0.495 e. The number of benzene rings is 1. The van der Waals surface area contributed by atoms with Crippen molar-refractivity contribution in [3.63, 3.8) is 0 Å². The molecule has 0 bridgehead atoms. The number of nitrogens with one attached hydrogen (secondary N) is 1. The van der Waals surface area contributed by atoms with Gasteiger partial charge in [-0.1, -0.05) is 12.1 Å². The fourth-order valence-corrected chi connectivity index (χ4v) is 3.78. The summed E-state index contributed by atoms with van der Waals surface area (Å²) in [6, 6.07) is 6.54. The summed E-state index contributed by atoms with van der Waals surface area (Å²) >= 11 is 0.830. The molecule has 0 saturated carbocycles. The number of para-hydroxylation sites is 2. The number of sulfonamides is 1. The Kier molecular flexibility index (Phi) is 4.43. The van der Waals surface area contributed by atoms with Crippen molar-refractivity contribution in [2.24, 2.45) is 0 Å². The standard InChI is InChI=1S/C12H12N2O5S2/c1-18-9-6-4-3-5-8(9)14-21(16,17)12-10(11(15)19-2)13-7-20-12/h3-7,14H,1-2H3. The summed E-state index contributed by atoms with van der Waals surface area (Å²) in [7, 11) is -1.37. The molecule has 9 heteroatoms. The fraction of sp³-hybridized carbons (Fsp3) is 0.167. The van der Waals surface area contributed by atoms with Crippen molar-refractivity contribution in [1.29, 1.82) is 0 Å². The summed E-state index contributed by atoms with van der Waals surface area (Å²) in [5.74, 6) is -0.443. The van der Waals surface area contributed by atoms with Crippen LogP contribution in [0.15, 0.2) is 34.0 Å². The molecule has 0 aliphatic heterocycles. The molecule has 2 rings (SSSR count). The van der Waals surface area contributed by atoms with E-state index < -0.39 is 16.0 Å². The molecule has 21 heavy (non-hydrogen) atoms. The molecule has 1 aromatic carbocycles. The molecule has 0 atom stereocenters. The second-order valence-corrected chi connectivity index (χ2v) is 6.52. The number of anilines is 1. The van der Waals surface area contributed by atoms with Crippen molar-refractivity contribution in [3.8, 4) is 5.75 Å². The van der Waals surface area contributed by atoms with Crippen LogP contribution in [0.5, 0.6) is 5.75 Å². The van der Waals surface area contributed by atoms with Gasteiger partial charge in [0.05, 0.1) is 25.4 Å². The van der Waals surface area contributed by atoms with Gasteiger partial charge >= 0.3 is 5.97 Å². The van der Waals surface area contributed by atoms with Gasteiger partial charge in [-0.25, -0.2) is 18.2 Å². The third-order valence-electron chi connectivity index (χ3n) is 2.51. The summed E-state index contributed by atoms with van der Waals surface area (Å²) in [6.45, 7) is 0. The van der Waals surface area contributed by atoms with Gasteiger partial charge in [-0.15, -0.1) is 11.3 Å². The molecule has 0 amide bonds. The number of ether oxygens (including phenoxy) is 2. The molecule has 0 spiro atoms. The Hall–Kier alpha value is -2.13. The molecule has 0 aliphatic carbocycles. The van der Waals surface area contributed by atoms with E-state index in [1.807, 2.05) is 0 Å². The van der Waals surface area contributed by atoms with Crippen LogP contribution in [0, 0.1) is 0 Å². The van der Waals surface area contributed by atoms with Gasteiger partial charge in [0.1, 0.15) is 5.75 Å². The topological polar surface area (TPSA) is 94.6 Å². The van der Waals surface area contributed by atoms with E-state index in [-0.39, 0.29) is 15.6 Å². The van der Waals surface area contributed by atoms with Crippen LogP contribution in [0.25, 0.3) is 0 Å². The van der Waals surface area contributed by atoms with Gasteiger partial charge in [0, 0.05) is 0 Å². The Labute approximate surface area is 125 Å². The number of esters is 1. The van der Waals surface area contributed by atoms with Gasteiger partial charge in [-0.2, -0.15) is 0 Å². The first kappa shape index (κ1) is 15.3. The zero-order valence-corrected chi connectivity index (χ0v) is 12.8. The summed E-state index contributed by atoms with van der Waals surface area (Å²) in [4.78, 5) is 15.3. The van der Waals surface area contributed by atoms with Crippen LogP contribution < -0.4 is 9.46 Å². The van der Waals surface area contributed by atoms with Gasteiger partial charge in [0.15, 0.2) is 9.90 Å². The lowest BCUT2D eigenvalue weighted by Gasteiger charge is -2.10. The van der Waals surface area contributed by atoms with Crippen LogP contribution in [-0.4, -0.2) is 33.6 Å². The maximum Gasteiger partial charge on any atom is 0.358 e. The Bertz CT molecular complexity index is 755. The van der Waals surface area contributed by atoms with Crippen LogP contribution in [-0.2, 0) is 14.8 Å². The zero-order valence-electron chi connectivity index (χ0n) is 11.2. The molecular formula is C12H12N2O5S2. The highest BCUT2D eigenvalue weighted by Gasteiger charge is 2.27. The van der Waals surface area contributed by atoms with E-state index in [9.17, 15) is 13.2 Å². The molecule has 112 valence electrons. The first-order chi connectivity index (χ1) is 9.99. The highest BCUT2D eigenvalue weighted by atomic mass is 32.2. The number of hydrogen-bond donors (Lipinski definition) is 1. The summed E-state index contributed by atoms with van der Waals surface area (Å²) in [5, 5.41) is 0. The predicted octanol–water partition coefficient (Wildman–Crippen LogP) is 1.74. The Morgan fingerprint density at radius 1 is 1.29 bits per heavy atom. The molecule has 0 saturated heterocycles. The first-order valence-electron chi connectivity index (χ1n) is 5.67. The van der Waals surface area contributed by atoms with Crippen molar-refractivity contribution in [2.45, 2.75) is 4.21 Å². The van der Waals surface area contributed by atoms with E-state index in [4.69, 9.17) is 4.74 Å². The fourth-order valence-electron chi connectivity index (χ4n) is 1.58. The minimum absolute atomic E-state index is 0.208. The van der Waals surface area contributed by atoms with Crippen LogP contribution in [0.1, 0.15) is 10.5 Å². The third kappa shape index (κ3) is 3.14. The number of carbonyl (C=O) groups is 1. The maximum absolute atomic E-state index is 12.4. The molecule has 1 N–H and O–H groups in total. The van der Waals surface area contributed by atoms with Crippen molar-refractivity contribution in [1.82, 2.24) is 4.98 Å². The van der Waals surface area contributed by atoms with Gasteiger partial charge in [0.25, 0.3) is 10.0 Å². The Balaban J connectivity index is 2.40. The lowest BCUT2D eigenvalue weighted by Crippen LogP contribution is -2.16. The quantitative estimate of drug-likeness (QED) is 0.840. The molecule has 0 aliphatic rings.